The van der Waals surface area contributed by atoms with Gasteiger partial charge in [0.25, 0.3) is 0 Å². The topological polar surface area (TPSA) is 3.24 Å². The predicted octanol–water partition coefficient (Wildman–Crippen LogP) is 2.83. The fourth-order valence-electron chi connectivity index (χ4n) is 2.91. The van der Waals surface area contributed by atoms with E-state index < -0.39 is 0 Å². The molecule has 0 unspecified atom stereocenters. The van der Waals surface area contributed by atoms with E-state index >= 15 is 0 Å². The van der Waals surface area contributed by atoms with E-state index in [1.807, 2.05) is 0 Å². The molecule has 1 heterocycles. The molecule has 1 aliphatic heterocycles. The maximum absolute atomic E-state index is 4.00. The van der Waals surface area contributed by atoms with Crippen LogP contribution in [0.1, 0.15) is 39.0 Å². The van der Waals surface area contributed by atoms with Gasteiger partial charge in [0.1, 0.15) is 0 Å². The lowest BCUT2D eigenvalue weighted by Crippen LogP contribution is -2.47. The Bertz CT molecular complexity index is 203. The van der Waals surface area contributed by atoms with Crippen LogP contribution in [-0.4, -0.2) is 24.5 Å². The van der Waals surface area contributed by atoms with Crippen molar-refractivity contribution in [3.8, 4) is 0 Å². The fraction of sp³-hybridized carbons (Fsp3) is 0.833. The lowest BCUT2D eigenvalue weighted by Gasteiger charge is -2.49. The largest absolute Gasteiger partial charge is 0.299 e. The fourth-order valence-corrected chi connectivity index (χ4v) is 2.91. The molecular weight excluding hydrogens is 158 g/mol. The van der Waals surface area contributed by atoms with Crippen molar-refractivity contribution in [1.82, 2.24) is 4.90 Å². The van der Waals surface area contributed by atoms with Gasteiger partial charge in [-0.3, -0.25) is 4.90 Å². The van der Waals surface area contributed by atoms with Crippen molar-refractivity contribution < 1.29 is 0 Å². The predicted molar refractivity (Wildman–Crippen MR) is 56.8 cm³/mol. The molecule has 1 heteroatoms. The van der Waals surface area contributed by atoms with Crippen molar-refractivity contribution in [2.45, 2.75) is 39.0 Å². The van der Waals surface area contributed by atoms with Gasteiger partial charge in [-0.1, -0.05) is 18.6 Å². The highest BCUT2D eigenvalue weighted by Crippen LogP contribution is 2.47. The Morgan fingerprint density at radius 2 is 2.00 bits per heavy atom. The SMILES string of the molecule is C=C(C)CN1CCCC2(CCC2)C1. The zero-order valence-corrected chi connectivity index (χ0v) is 8.81. The van der Waals surface area contributed by atoms with Crippen LogP contribution in [-0.2, 0) is 0 Å². The maximum Gasteiger partial charge on any atom is 0.0187 e. The van der Waals surface area contributed by atoms with Crippen LogP contribution in [0, 0.1) is 5.41 Å². The molecule has 0 N–H and O–H groups in total. The lowest BCUT2D eigenvalue weighted by molar-refractivity contribution is 0.0247. The third kappa shape index (κ3) is 1.96. The molecule has 74 valence electrons. The van der Waals surface area contributed by atoms with Crippen LogP contribution in [0.5, 0.6) is 0 Å². The maximum atomic E-state index is 4.00. The molecule has 2 aliphatic rings. The summed E-state index contributed by atoms with van der Waals surface area (Å²) in [6.07, 6.45) is 7.34. The normalized spacial score (nSPS) is 27.2. The van der Waals surface area contributed by atoms with E-state index in [1.165, 1.54) is 50.8 Å². The number of piperidine rings is 1. The van der Waals surface area contributed by atoms with Gasteiger partial charge in [-0.05, 0) is 44.6 Å². The lowest BCUT2D eigenvalue weighted by atomic mass is 9.64. The molecule has 13 heavy (non-hydrogen) atoms. The summed E-state index contributed by atoms with van der Waals surface area (Å²) in [4.78, 5) is 2.60. The van der Waals surface area contributed by atoms with E-state index in [2.05, 4.69) is 18.4 Å². The van der Waals surface area contributed by atoms with Gasteiger partial charge in [0.05, 0.1) is 0 Å². The van der Waals surface area contributed by atoms with Crippen molar-refractivity contribution in [2.24, 2.45) is 5.41 Å². The van der Waals surface area contributed by atoms with E-state index in [1.54, 1.807) is 0 Å². The summed E-state index contributed by atoms with van der Waals surface area (Å²) in [5, 5.41) is 0. The first kappa shape index (κ1) is 9.26. The smallest absolute Gasteiger partial charge is 0.0187 e. The zero-order valence-electron chi connectivity index (χ0n) is 8.81. The van der Waals surface area contributed by atoms with Crippen molar-refractivity contribution in [2.75, 3.05) is 19.6 Å². The van der Waals surface area contributed by atoms with Crippen LogP contribution < -0.4 is 0 Å². The van der Waals surface area contributed by atoms with E-state index in [4.69, 9.17) is 0 Å². The van der Waals surface area contributed by atoms with Crippen molar-refractivity contribution >= 4 is 0 Å². The molecule has 0 amide bonds. The van der Waals surface area contributed by atoms with Crippen LogP contribution in [0.25, 0.3) is 0 Å². The molecule has 0 atom stereocenters. The minimum atomic E-state index is 0.744. The molecule has 0 radical (unpaired) electrons. The van der Waals surface area contributed by atoms with Crippen LogP contribution in [0.3, 0.4) is 0 Å². The summed E-state index contributed by atoms with van der Waals surface area (Å²) < 4.78 is 0. The average molecular weight is 179 g/mol. The minimum Gasteiger partial charge on any atom is -0.299 e. The Labute approximate surface area is 81.8 Å². The zero-order chi connectivity index (χ0) is 9.31. The first-order valence-electron chi connectivity index (χ1n) is 5.57. The van der Waals surface area contributed by atoms with E-state index in [0.717, 1.165) is 12.0 Å². The van der Waals surface area contributed by atoms with Gasteiger partial charge in [-0.25, -0.2) is 0 Å². The van der Waals surface area contributed by atoms with Gasteiger partial charge in [0, 0.05) is 13.1 Å². The van der Waals surface area contributed by atoms with Gasteiger partial charge in [0.15, 0.2) is 0 Å². The molecule has 1 nitrogen and oxygen atoms in total. The molecule has 2 fully saturated rings. The van der Waals surface area contributed by atoms with Gasteiger partial charge in [-0.2, -0.15) is 0 Å². The molecule has 0 bridgehead atoms. The van der Waals surface area contributed by atoms with Crippen LogP contribution >= 0.6 is 0 Å². The molecule has 0 aromatic carbocycles. The summed E-state index contributed by atoms with van der Waals surface area (Å²) in [6, 6.07) is 0. The molecule has 0 aromatic rings. The number of hydrogen-bond acceptors (Lipinski definition) is 1. The van der Waals surface area contributed by atoms with Crippen LogP contribution in [0.4, 0.5) is 0 Å². The number of hydrogen-bond donors (Lipinski definition) is 0. The number of rotatable bonds is 2. The van der Waals surface area contributed by atoms with Gasteiger partial charge in [0.2, 0.25) is 0 Å². The van der Waals surface area contributed by atoms with Crippen molar-refractivity contribution in [1.29, 1.82) is 0 Å². The summed E-state index contributed by atoms with van der Waals surface area (Å²) in [5.74, 6) is 0. The first-order valence-corrected chi connectivity index (χ1v) is 5.57. The number of nitrogens with zero attached hydrogens (tertiary/aromatic N) is 1. The van der Waals surface area contributed by atoms with Crippen molar-refractivity contribution in [3.05, 3.63) is 12.2 Å². The summed E-state index contributed by atoms with van der Waals surface area (Å²) >= 11 is 0. The molecular formula is C12H21N. The molecule has 0 aromatic heterocycles. The van der Waals surface area contributed by atoms with Gasteiger partial charge in [-0.15, -0.1) is 0 Å². The van der Waals surface area contributed by atoms with E-state index in [9.17, 15) is 0 Å². The highest BCUT2D eigenvalue weighted by molar-refractivity contribution is 4.98. The second-order valence-corrected chi connectivity index (χ2v) is 5.12. The third-order valence-corrected chi connectivity index (χ3v) is 3.65. The minimum absolute atomic E-state index is 0.744. The van der Waals surface area contributed by atoms with E-state index in [-0.39, 0.29) is 0 Å². The van der Waals surface area contributed by atoms with Crippen molar-refractivity contribution in [3.63, 3.8) is 0 Å². The van der Waals surface area contributed by atoms with Crippen LogP contribution in [0.15, 0.2) is 12.2 Å². The standard InChI is InChI=1S/C12H21N/c1-11(2)9-13-8-4-7-12(10-13)5-3-6-12/h1,3-10H2,2H3. The molecule has 1 spiro atoms. The molecule has 2 rings (SSSR count). The number of likely N-dealkylation sites (tertiary alicyclic amines) is 1. The Balaban J connectivity index is 1.88. The Morgan fingerprint density at radius 3 is 2.54 bits per heavy atom. The highest BCUT2D eigenvalue weighted by Gasteiger charge is 2.39. The Morgan fingerprint density at radius 1 is 1.31 bits per heavy atom. The molecule has 1 aliphatic carbocycles. The summed E-state index contributed by atoms with van der Waals surface area (Å²) in [6.45, 7) is 9.91. The summed E-state index contributed by atoms with van der Waals surface area (Å²) in [7, 11) is 0. The first-order chi connectivity index (χ1) is 6.20. The average Bonchev–Trinajstić information content (AvgIpc) is 2.01. The Hall–Kier alpha value is -0.300. The quantitative estimate of drug-likeness (QED) is 0.589. The van der Waals surface area contributed by atoms with Crippen LogP contribution in [0.2, 0.25) is 0 Å². The molecule has 1 saturated heterocycles. The van der Waals surface area contributed by atoms with E-state index in [0.29, 0.717) is 0 Å². The second-order valence-electron chi connectivity index (χ2n) is 5.12. The third-order valence-electron chi connectivity index (χ3n) is 3.65. The van der Waals surface area contributed by atoms with Gasteiger partial charge >= 0.3 is 0 Å². The second kappa shape index (κ2) is 3.45. The summed E-state index contributed by atoms with van der Waals surface area (Å²) in [5.41, 5.74) is 2.06. The molecule has 1 saturated carbocycles. The van der Waals surface area contributed by atoms with Gasteiger partial charge < -0.3 is 0 Å². The Kier molecular flexibility index (Phi) is 2.46. The highest BCUT2D eigenvalue weighted by atomic mass is 15.1. The monoisotopic (exact) mass is 179 g/mol.